The first-order valence-electron chi connectivity index (χ1n) is 8.48. The molecule has 4 heteroatoms. The van der Waals surface area contributed by atoms with Gasteiger partial charge in [0.1, 0.15) is 0 Å². The van der Waals surface area contributed by atoms with Gasteiger partial charge in [0, 0.05) is 0 Å². The van der Waals surface area contributed by atoms with Crippen molar-refractivity contribution < 1.29 is 9.90 Å². The maximum Gasteiger partial charge on any atom is 0.279 e. The van der Waals surface area contributed by atoms with Gasteiger partial charge >= 0.3 is 0 Å². The Bertz CT molecular complexity index is 861. The monoisotopic (exact) mass is 346 g/mol. The number of nitrogens with one attached hydrogen (secondary N) is 2. The third-order valence-corrected chi connectivity index (χ3v) is 4.29. The normalized spacial score (nSPS) is 11.0. The van der Waals surface area contributed by atoms with E-state index in [2.05, 4.69) is 10.9 Å². The molecule has 3 aromatic rings. The van der Waals surface area contributed by atoms with Crippen LogP contribution in [0.2, 0.25) is 0 Å². The lowest BCUT2D eigenvalue weighted by Crippen LogP contribution is -2.47. The minimum Gasteiger partial charge on any atom is -0.372 e. The minimum absolute atomic E-state index is 0.524. The van der Waals surface area contributed by atoms with Gasteiger partial charge in [-0.15, -0.1) is 0 Å². The maximum atomic E-state index is 13.0. The average molecular weight is 346 g/mol. The third-order valence-electron chi connectivity index (χ3n) is 4.29. The van der Waals surface area contributed by atoms with Crippen molar-refractivity contribution in [1.29, 1.82) is 0 Å². The molecule has 0 aliphatic heterocycles. The lowest BCUT2D eigenvalue weighted by molar-refractivity contribution is -0.136. The Labute approximate surface area is 153 Å². The molecule has 132 valence electrons. The van der Waals surface area contributed by atoms with Gasteiger partial charge in [-0.25, -0.2) is 0 Å². The molecule has 0 saturated heterocycles. The quantitative estimate of drug-likeness (QED) is 0.618. The molecular formula is C22H22N2O2. The van der Waals surface area contributed by atoms with E-state index in [4.69, 9.17) is 0 Å². The number of carbonyl (C=O) groups excluding carboxylic acids is 1. The van der Waals surface area contributed by atoms with Gasteiger partial charge in [0.15, 0.2) is 5.60 Å². The molecule has 0 aliphatic carbocycles. The smallest absolute Gasteiger partial charge is 0.279 e. The van der Waals surface area contributed by atoms with E-state index in [1.165, 1.54) is 0 Å². The van der Waals surface area contributed by atoms with Gasteiger partial charge in [-0.3, -0.25) is 15.6 Å². The molecule has 4 nitrogen and oxygen atoms in total. The van der Waals surface area contributed by atoms with Crippen LogP contribution >= 0.6 is 0 Å². The molecule has 0 unspecified atom stereocenters. The van der Waals surface area contributed by atoms with Gasteiger partial charge in [-0.05, 0) is 37.1 Å². The van der Waals surface area contributed by atoms with Crippen LogP contribution in [-0.2, 0) is 10.4 Å². The highest BCUT2D eigenvalue weighted by Crippen LogP contribution is 2.31. The summed E-state index contributed by atoms with van der Waals surface area (Å²) in [4.78, 5) is 13.0. The topological polar surface area (TPSA) is 61.4 Å². The molecule has 0 atom stereocenters. The van der Waals surface area contributed by atoms with Crippen molar-refractivity contribution in [3.8, 4) is 0 Å². The molecule has 0 radical (unpaired) electrons. The zero-order chi connectivity index (χ0) is 18.6. The molecule has 0 heterocycles. The van der Waals surface area contributed by atoms with Crippen LogP contribution in [-0.4, -0.2) is 11.0 Å². The van der Waals surface area contributed by atoms with Gasteiger partial charge in [0.2, 0.25) is 0 Å². The molecular weight excluding hydrogens is 324 g/mol. The Balaban J connectivity index is 1.98. The zero-order valence-corrected chi connectivity index (χ0v) is 14.9. The van der Waals surface area contributed by atoms with Crippen LogP contribution in [0.3, 0.4) is 0 Å². The van der Waals surface area contributed by atoms with Crippen LogP contribution in [0.15, 0.2) is 78.9 Å². The van der Waals surface area contributed by atoms with Crippen LogP contribution in [0.4, 0.5) is 5.69 Å². The van der Waals surface area contributed by atoms with Crippen LogP contribution in [0, 0.1) is 13.8 Å². The van der Waals surface area contributed by atoms with Crippen LogP contribution < -0.4 is 10.9 Å². The molecule has 3 aromatic carbocycles. The Hall–Kier alpha value is -3.11. The number of hydrazine groups is 1. The van der Waals surface area contributed by atoms with Crippen molar-refractivity contribution in [1.82, 2.24) is 5.43 Å². The molecule has 0 bridgehead atoms. The summed E-state index contributed by atoms with van der Waals surface area (Å²) in [6.45, 7) is 3.86. The predicted molar refractivity (Wildman–Crippen MR) is 104 cm³/mol. The van der Waals surface area contributed by atoms with E-state index in [-0.39, 0.29) is 0 Å². The summed E-state index contributed by atoms with van der Waals surface area (Å²) in [6, 6.07) is 24.0. The number of aliphatic hydroxyl groups is 1. The molecule has 3 N–H and O–H groups in total. The lowest BCUT2D eigenvalue weighted by Gasteiger charge is -2.29. The molecule has 0 spiro atoms. The van der Waals surface area contributed by atoms with Gasteiger partial charge in [-0.2, -0.15) is 0 Å². The number of carbonyl (C=O) groups is 1. The Kier molecular flexibility index (Phi) is 5.05. The predicted octanol–water partition coefficient (Wildman–Crippen LogP) is 3.68. The lowest BCUT2D eigenvalue weighted by atomic mass is 9.84. The number of rotatable bonds is 5. The fourth-order valence-corrected chi connectivity index (χ4v) is 2.91. The summed E-state index contributed by atoms with van der Waals surface area (Å²) in [7, 11) is 0. The van der Waals surface area contributed by atoms with Gasteiger partial charge < -0.3 is 5.11 Å². The van der Waals surface area contributed by atoms with Crippen molar-refractivity contribution in [3.05, 3.63) is 101 Å². The van der Waals surface area contributed by atoms with Crippen molar-refractivity contribution >= 4 is 11.6 Å². The van der Waals surface area contributed by atoms with Crippen LogP contribution in [0.5, 0.6) is 0 Å². The molecule has 0 saturated carbocycles. The van der Waals surface area contributed by atoms with Crippen molar-refractivity contribution in [2.45, 2.75) is 19.4 Å². The summed E-state index contributed by atoms with van der Waals surface area (Å²) in [5.74, 6) is -0.544. The van der Waals surface area contributed by atoms with Crippen molar-refractivity contribution in [3.63, 3.8) is 0 Å². The van der Waals surface area contributed by atoms with Crippen LogP contribution in [0.1, 0.15) is 22.3 Å². The molecule has 26 heavy (non-hydrogen) atoms. The van der Waals surface area contributed by atoms with Crippen molar-refractivity contribution in [2.75, 3.05) is 5.43 Å². The summed E-state index contributed by atoms with van der Waals surface area (Å²) < 4.78 is 0. The van der Waals surface area contributed by atoms with E-state index < -0.39 is 11.5 Å². The highest BCUT2D eigenvalue weighted by molar-refractivity contribution is 5.91. The zero-order valence-electron chi connectivity index (χ0n) is 14.9. The summed E-state index contributed by atoms with van der Waals surface area (Å²) in [5.41, 5.74) is 7.41. The number of hydrogen-bond acceptors (Lipinski definition) is 3. The Morgan fingerprint density at radius 2 is 1.35 bits per heavy atom. The number of anilines is 1. The van der Waals surface area contributed by atoms with E-state index in [1.807, 2.05) is 80.6 Å². The average Bonchev–Trinajstić information content (AvgIpc) is 2.66. The van der Waals surface area contributed by atoms with E-state index >= 15 is 0 Å². The van der Waals surface area contributed by atoms with Crippen molar-refractivity contribution in [2.24, 2.45) is 0 Å². The molecule has 1 amide bonds. The number of para-hydroxylation sites is 1. The van der Waals surface area contributed by atoms with Crippen LogP contribution in [0.25, 0.3) is 0 Å². The summed E-state index contributed by atoms with van der Waals surface area (Å²) in [5, 5.41) is 11.5. The number of amides is 1. The maximum absolute atomic E-state index is 13.0. The highest BCUT2D eigenvalue weighted by Gasteiger charge is 2.40. The third kappa shape index (κ3) is 3.60. The Morgan fingerprint density at radius 3 is 1.85 bits per heavy atom. The van der Waals surface area contributed by atoms with E-state index in [9.17, 15) is 9.90 Å². The first kappa shape index (κ1) is 17.7. The standard InChI is InChI=1S/C22H22N2O2/c1-16-8-6-10-18(14-16)22(26,19-11-7-9-17(2)15-19)21(25)24-23-20-12-4-3-5-13-20/h3-15,23,26H,1-2H3,(H,24,25). The first-order chi connectivity index (χ1) is 12.5. The molecule has 0 aromatic heterocycles. The number of hydrogen-bond donors (Lipinski definition) is 3. The second kappa shape index (κ2) is 7.42. The molecule has 0 aliphatic rings. The van der Waals surface area contributed by atoms with E-state index in [1.54, 1.807) is 12.1 Å². The molecule has 3 rings (SSSR count). The fraction of sp³-hybridized carbons (Fsp3) is 0.136. The summed E-state index contributed by atoms with van der Waals surface area (Å²) in [6.07, 6.45) is 0. The Morgan fingerprint density at radius 1 is 0.808 bits per heavy atom. The van der Waals surface area contributed by atoms with Gasteiger partial charge in [0.05, 0.1) is 5.69 Å². The first-order valence-corrected chi connectivity index (χ1v) is 8.48. The summed E-state index contributed by atoms with van der Waals surface area (Å²) >= 11 is 0. The fourth-order valence-electron chi connectivity index (χ4n) is 2.91. The van der Waals surface area contributed by atoms with E-state index in [0.717, 1.165) is 16.8 Å². The second-order valence-corrected chi connectivity index (χ2v) is 6.39. The van der Waals surface area contributed by atoms with E-state index in [0.29, 0.717) is 11.1 Å². The number of aryl methyl sites for hydroxylation is 2. The number of benzene rings is 3. The second-order valence-electron chi connectivity index (χ2n) is 6.39. The largest absolute Gasteiger partial charge is 0.372 e. The van der Waals surface area contributed by atoms with Gasteiger partial charge in [-0.1, -0.05) is 77.9 Å². The SMILES string of the molecule is Cc1cccc(C(O)(C(=O)NNc2ccccc2)c2cccc(C)c2)c1. The molecule has 0 fully saturated rings. The minimum atomic E-state index is -1.81. The highest BCUT2D eigenvalue weighted by atomic mass is 16.3. The van der Waals surface area contributed by atoms with Gasteiger partial charge in [0.25, 0.3) is 5.91 Å².